The predicted molar refractivity (Wildman–Crippen MR) is 127 cm³/mol. The summed E-state index contributed by atoms with van der Waals surface area (Å²) in [6, 6.07) is 5.30. The summed E-state index contributed by atoms with van der Waals surface area (Å²) in [4.78, 5) is 32.2. The number of nitrogens with one attached hydrogen (secondary N) is 1. The van der Waals surface area contributed by atoms with E-state index in [0.717, 1.165) is 49.7 Å². The first-order valence-electron chi connectivity index (χ1n) is 10.8. The van der Waals surface area contributed by atoms with Crippen molar-refractivity contribution in [1.82, 2.24) is 10.3 Å². The Labute approximate surface area is 192 Å². The van der Waals surface area contributed by atoms with Gasteiger partial charge in [-0.15, -0.1) is 0 Å². The third kappa shape index (κ3) is 6.64. The minimum Gasteiger partial charge on any atom is -0.463 e. The second-order valence-corrected chi connectivity index (χ2v) is 8.76. The number of aldehydes is 1. The number of thioether (sulfide) groups is 1. The number of carbonyl (C=O) groups is 2. The predicted octanol–water partition coefficient (Wildman–Crippen LogP) is 4.29. The summed E-state index contributed by atoms with van der Waals surface area (Å²) in [5.41, 5.74) is 3.12. The molecule has 2 aliphatic rings. The Balaban J connectivity index is 0.000000352. The third-order valence-corrected chi connectivity index (χ3v) is 6.29. The molecule has 7 nitrogen and oxygen atoms in total. The summed E-state index contributed by atoms with van der Waals surface area (Å²) in [7, 11) is 0. The van der Waals surface area contributed by atoms with Gasteiger partial charge in [0, 0.05) is 25.1 Å². The Morgan fingerprint density at radius 2 is 2.19 bits per heavy atom. The van der Waals surface area contributed by atoms with E-state index in [4.69, 9.17) is 9.15 Å². The molecular formula is C24H29N3O4S. The van der Waals surface area contributed by atoms with Gasteiger partial charge in [0.15, 0.2) is 12.0 Å². The number of pyridine rings is 1. The molecule has 1 saturated heterocycles. The molecule has 0 radical (unpaired) electrons. The van der Waals surface area contributed by atoms with Crippen LogP contribution in [0.5, 0.6) is 0 Å². The van der Waals surface area contributed by atoms with Crippen LogP contribution in [0.15, 0.2) is 45.0 Å². The lowest BCUT2D eigenvalue weighted by Crippen LogP contribution is -2.23. The normalized spacial score (nSPS) is 16.3. The van der Waals surface area contributed by atoms with Crippen LogP contribution in [-0.2, 0) is 22.4 Å². The highest BCUT2D eigenvalue weighted by Gasteiger charge is 2.16. The number of aromatic nitrogens is 1. The molecule has 1 aliphatic heterocycles. The van der Waals surface area contributed by atoms with Gasteiger partial charge in [0.25, 0.3) is 5.91 Å². The second-order valence-electron chi connectivity index (χ2n) is 7.74. The van der Waals surface area contributed by atoms with Gasteiger partial charge in [0.1, 0.15) is 5.70 Å². The molecular weight excluding hydrogens is 426 g/mol. The minimum atomic E-state index is -0.217. The van der Waals surface area contributed by atoms with Gasteiger partial charge in [-0.1, -0.05) is 18.7 Å². The number of aryl methyl sites for hydroxylation is 2. The number of ether oxygens (including phenoxy) is 1. The van der Waals surface area contributed by atoms with Crippen LogP contribution in [0.3, 0.4) is 0 Å². The van der Waals surface area contributed by atoms with Crippen LogP contribution < -0.4 is 5.32 Å². The van der Waals surface area contributed by atoms with Gasteiger partial charge in [-0.05, 0) is 68.5 Å². The minimum absolute atomic E-state index is 0.217. The zero-order valence-corrected chi connectivity index (χ0v) is 19.2. The van der Waals surface area contributed by atoms with Gasteiger partial charge in [0.2, 0.25) is 0 Å². The van der Waals surface area contributed by atoms with Crippen molar-refractivity contribution in [1.29, 1.82) is 0 Å². The molecule has 1 fully saturated rings. The van der Waals surface area contributed by atoms with Gasteiger partial charge < -0.3 is 14.5 Å². The number of rotatable bonds is 7. The average molecular weight is 456 g/mol. The molecule has 2 aromatic heterocycles. The molecule has 4 rings (SSSR count). The Kier molecular flexibility index (Phi) is 9.25. The number of carbonyl (C=O) groups excluding carboxylic acids is 2. The van der Waals surface area contributed by atoms with E-state index >= 15 is 0 Å². The summed E-state index contributed by atoms with van der Waals surface area (Å²) in [6.45, 7) is 7.73. The first-order valence-corrected chi connectivity index (χ1v) is 11.8. The number of fused-ring (bicyclic) bond motifs is 1. The van der Waals surface area contributed by atoms with Crippen molar-refractivity contribution in [3.05, 3.63) is 58.1 Å². The number of amides is 1. The quantitative estimate of drug-likeness (QED) is 0.290. The molecule has 170 valence electrons. The van der Waals surface area contributed by atoms with E-state index < -0.39 is 0 Å². The lowest BCUT2D eigenvalue weighted by Gasteiger charge is -2.16. The molecule has 2 aromatic rings. The molecule has 1 aliphatic carbocycles. The van der Waals surface area contributed by atoms with Crippen molar-refractivity contribution in [3.8, 4) is 0 Å². The van der Waals surface area contributed by atoms with Crippen LogP contribution in [0.2, 0.25) is 0 Å². The summed E-state index contributed by atoms with van der Waals surface area (Å²) in [6.07, 6.45) is 9.33. The maximum Gasteiger partial charge on any atom is 0.253 e. The molecule has 0 saturated carbocycles. The lowest BCUT2D eigenvalue weighted by atomic mass is 10.0. The van der Waals surface area contributed by atoms with Gasteiger partial charge >= 0.3 is 0 Å². The molecule has 0 aromatic carbocycles. The molecule has 3 heterocycles. The maximum absolute atomic E-state index is 12.3. The van der Waals surface area contributed by atoms with Crippen LogP contribution in [0, 0.1) is 5.92 Å². The molecule has 1 amide bonds. The lowest BCUT2D eigenvalue weighted by molar-refractivity contribution is -0.104. The van der Waals surface area contributed by atoms with E-state index in [1.807, 2.05) is 6.07 Å². The molecule has 8 heteroatoms. The fraction of sp³-hybridized carbons (Fsp3) is 0.417. The van der Waals surface area contributed by atoms with E-state index in [1.165, 1.54) is 30.9 Å². The molecule has 0 spiro atoms. The van der Waals surface area contributed by atoms with E-state index in [-0.39, 0.29) is 11.8 Å². The molecule has 0 atom stereocenters. The smallest absolute Gasteiger partial charge is 0.253 e. The summed E-state index contributed by atoms with van der Waals surface area (Å²) in [5, 5.41) is 2.78. The maximum atomic E-state index is 12.3. The number of nitrogens with zero attached hydrogens (tertiary/aromatic N) is 2. The van der Waals surface area contributed by atoms with Gasteiger partial charge in [-0.3, -0.25) is 19.6 Å². The average Bonchev–Trinajstić information content (AvgIpc) is 3.51. The van der Waals surface area contributed by atoms with Crippen LogP contribution in [-0.4, -0.2) is 43.0 Å². The largest absolute Gasteiger partial charge is 0.463 e. The number of furan rings is 1. The summed E-state index contributed by atoms with van der Waals surface area (Å²) < 4.78 is 10.4. The highest BCUT2D eigenvalue weighted by atomic mass is 32.2. The van der Waals surface area contributed by atoms with Crippen LogP contribution in [0.1, 0.15) is 53.6 Å². The van der Waals surface area contributed by atoms with Gasteiger partial charge in [-0.25, -0.2) is 0 Å². The summed E-state index contributed by atoms with van der Waals surface area (Å²) >= 11 is 1.17. The Bertz CT molecular complexity index is 950. The zero-order valence-electron chi connectivity index (χ0n) is 18.3. The molecule has 1 N–H and O–H groups in total. The van der Waals surface area contributed by atoms with Crippen molar-refractivity contribution in [2.75, 3.05) is 19.1 Å². The van der Waals surface area contributed by atoms with Gasteiger partial charge in [0.05, 0.1) is 22.6 Å². The fourth-order valence-corrected chi connectivity index (χ4v) is 4.22. The van der Waals surface area contributed by atoms with Crippen LogP contribution >= 0.6 is 11.8 Å². The van der Waals surface area contributed by atoms with Crippen LogP contribution in [0.25, 0.3) is 5.70 Å². The molecule has 0 bridgehead atoms. The standard InChI is InChI=1S/C18H17N3O3S.C6H12O/c1-19-17(15-6-3-7-24-15)16(10-22)25-11-21-18(23)13-8-12-4-2-5-14(12)20-9-13;1-6-2-4-7-5-3-6/h3,6-10H,1-2,4-5,11H2,(H,21,23);6H,2-5H2,1H3/b17-16-;. The Hall–Kier alpha value is -2.71. The van der Waals surface area contributed by atoms with E-state index in [9.17, 15) is 9.59 Å². The van der Waals surface area contributed by atoms with Crippen molar-refractivity contribution in [2.45, 2.75) is 39.0 Å². The summed E-state index contributed by atoms with van der Waals surface area (Å²) in [5.74, 6) is 1.38. The zero-order chi connectivity index (χ0) is 22.8. The Morgan fingerprint density at radius 3 is 2.81 bits per heavy atom. The third-order valence-electron chi connectivity index (χ3n) is 5.41. The molecule has 32 heavy (non-hydrogen) atoms. The number of hydrogen-bond donors (Lipinski definition) is 1. The van der Waals surface area contributed by atoms with Crippen molar-refractivity contribution in [3.63, 3.8) is 0 Å². The fourth-order valence-electron chi connectivity index (χ4n) is 3.50. The van der Waals surface area contributed by atoms with E-state index in [2.05, 4.69) is 28.9 Å². The van der Waals surface area contributed by atoms with Crippen molar-refractivity contribution < 1.29 is 18.7 Å². The highest BCUT2D eigenvalue weighted by Crippen LogP contribution is 2.26. The first-order chi connectivity index (χ1) is 15.6. The second kappa shape index (κ2) is 12.4. The van der Waals surface area contributed by atoms with Gasteiger partial charge in [-0.2, -0.15) is 0 Å². The van der Waals surface area contributed by atoms with Crippen molar-refractivity contribution in [2.24, 2.45) is 10.9 Å². The van der Waals surface area contributed by atoms with Crippen molar-refractivity contribution >= 4 is 36.4 Å². The SMILES string of the molecule is C=N/C(=C(/C=O)SCNC(=O)c1cnc2c(c1)CCC2)c1ccco1.CC1CCOCC1. The molecule has 0 unspecified atom stereocenters. The number of hydrogen-bond acceptors (Lipinski definition) is 7. The Morgan fingerprint density at radius 1 is 1.38 bits per heavy atom. The highest BCUT2D eigenvalue weighted by molar-refractivity contribution is 8.04. The number of aliphatic imine (C=N–C) groups is 1. The topological polar surface area (TPSA) is 93.8 Å². The number of allylic oxidation sites excluding steroid dienone is 1. The van der Waals surface area contributed by atoms with Crippen LogP contribution in [0.4, 0.5) is 0 Å². The van der Waals surface area contributed by atoms with E-state index in [1.54, 1.807) is 18.3 Å². The monoisotopic (exact) mass is 455 g/mol. The first kappa shape index (κ1) is 23.9. The van der Waals surface area contributed by atoms with E-state index in [0.29, 0.717) is 28.2 Å².